The highest BCUT2D eigenvalue weighted by Gasteiger charge is 2.32. The summed E-state index contributed by atoms with van der Waals surface area (Å²) in [5.74, 6) is -0.732. The van der Waals surface area contributed by atoms with E-state index in [1.54, 1.807) is 0 Å². The number of hydrogen-bond donors (Lipinski definition) is 2. The van der Waals surface area contributed by atoms with Gasteiger partial charge in [-0.05, 0) is 31.0 Å². The molecule has 0 aromatic heterocycles. The fourth-order valence-electron chi connectivity index (χ4n) is 2.29. The Bertz CT molecular complexity index is 658. The summed E-state index contributed by atoms with van der Waals surface area (Å²) in [4.78, 5) is -0.244. The van der Waals surface area contributed by atoms with Gasteiger partial charge in [0.2, 0.25) is 10.0 Å². The minimum atomic E-state index is -3.85. The monoisotopic (exact) mass is 335 g/mol. The molecule has 1 aliphatic rings. The molecule has 0 unspecified atom stereocenters. The first kappa shape index (κ1) is 16.0. The maximum atomic E-state index is 13.3. The Balaban J connectivity index is 2.21. The summed E-state index contributed by atoms with van der Waals surface area (Å²) in [5.41, 5.74) is 5.52. The Morgan fingerprint density at radius 1 is 1.43 bits per heavy atom. The molecule has 1 heterocycles. The van der Waals surface area contributed by atoms with Gasteiger partial charge < -0.3 is 10.9 Å². The van der Waals surface area contributed by atoms with Crippen molar-refractivity contribution in [2.75, 3.05) is 13.1 Å². The lowest BCUT2D eigenvalue weighted by Crippen LogP contribution is -2.41. The molecule has 1 aromatic rings. The van der Waals surface area contributed by atoms with E-state index in [4.69, 9.17) is 22.5 Å². The molecule has 0 aliphatic carbocycles. The topological polar surface area (TPSA) is 96.0 Å². The number of sulfonamides is 1. The molecule has 0 radical (unpaired) electrons. The summed E-state index contributed by atoms with van der Waals surface area (Å²) < 4.78 is 39.4. The van der Waals surface area contributed by atoms with Crippen LogP contribution in [0.3, 0.4) is 0 Å². The van der Waals surface area contributed by atoms with Crippen LogP contribution >= 0.6 is 11.6 Å². The molecule has 2 rings (SSSR count). The average Bonchev–Trinajstić information content (AvgIpc) is 2.49. The molecule has 0 amide bonds. The second-order valence-electron chi connectivity index (χ2n) is 4.78. The first-order chi connectivity index (χ1) is 9.86. The van der Waals surface area contributed by atoms with E-state index in [0.717, 1.165) is 12.1 Å². The average molecular weight is 336 g/mol. The molecule has 1 fully saturated rings. The van der Waals surface area contributed by atoms with Crippen molar-refractivity contribution < 1.29 is 18.0 Å². The normalized spacial score (nSPS) is 18.9. The van der Waals surface area contributed by atoms with Crippen LogP contribution in [0, 0.1) is 11.7 Å². The van der Waals surface area contributed by atoms with Crippen LogP contribution in [0.25, 0.3) is 0 Å². The lowest BCUT2D eigenvalue weighted by atomic mass is 9.97. The van der Waals surface area contributed by atoms with E-state index < -0.39 is 15.8 Å². The van der Waals surface area contributed by atoms with Crippen LogP contribution in [0.15, 0.2) is 28.3 Å². The van der Waals surface area contributed by atoms with Crippen molar-refractivity contribution in [1.29, 1.82) is 0 Å². The molecule has 0 saturated carbocycles. The van der Waals surface area contributed by atoms with Crippen LogP contribution in [-0.4, -0.2) is 36.9 Å². The smallest absolute Gasteiger partial charge is 0.244 e. The highest BCUT2D eigenvalue weighted by atomic mass is 35.5. The van der Waals surface area contributed by atoms with Crippen molar-refractivity contribution in [3.05, 3.63) is 29.0 Å². The first-order valence-electron chi connectivity index (χ1n) is 6.29. The van der Waals surface area contributed by atoms with Crippen molar-refractivity contribution in [2.24, 2.45) is 16.8 Å². The second-order valence-corrected chi connectivity index (χ2v) is 7.09. The van der Waals surface area contributed by atoms with Crippen molar-refractivity contribution >= 4 is 27.5 Å². The SMILES string of the molecule is N/C(=N/O)C1CCN(S(=O)(=O)c2cc(F)ccc2Cl)CC1. The molecule has 21 heavy (non-hydrogen) atoms. The van der Waals surface area contributed by atoms with Crippen molar-refractivity contribution in [1.82, 2.24) is 4.31 Å². The fourth-order valence-corrected chi connectivity index (χ4v) is 4.24. The fraction of sp³-hybridized carbons (Fsp3) is 0.417. The molecule has 0 spiro atoms. The van der Waals surface area contributed by atoms with Crippen LogP contribution in [0.2, 0.25) is 5.02 Å². The van der Waals surface area contributed by atoms with Crippen LogP contribution in [-0.2, 0) is 10.0 Å². The standard InChI is InChI=1S/C12H15ClFN3O3S/c13-10-2-1-9(14)7-11(10)21(19,20)17-5-3-8(4-6-17)12(15)16-18/h1-2,7-8,18H,3-6H2,(H2,15,16). The summed E-state index contributed by atoms with van der Waals surface area (Å²) in [5, 5.41) is 11.6. The number of benzene rings is 1. The van der Waals surface area contributed by atoms with Crippen LogP contribution in [0.5, 0.6) is 0 Å². The van der Waals surface area contributed by atoms with E-state index in [2.05, 4.69) is 5.16 Å². The van der Waals surface area contributed by atoms with Gasteiger partial charge in [0.05, 0.1) is 5.02 Å². The van der Waals surface area contributed by atoms with Crippen LogP contribution in [0.1, 0.15) is 12.8 Å². The molecule has 1 saturated heterocycles. The molecular formula is C12H15ClFN3O3S. The number of amidine groups is 1. The number of piperidine rings is 1. The van der Waals surface area contributed by atoms with E-state index in [1.165, 1.54) is 10.4 Å². The molecule has 3 N–H and O–H groups in total. The summed E-state index contributed by atoms with van der Waals surface area (Å²) in [6.45, 7) is 0.409. The van der Waals surface area contributed by atoms with E-state index >= 15 is 0 Å². The quantitative estimate of drug-likeness (QED) is 0.380. The number of nitrogens with zero attached hydrogens (tertiary/aromatic N) is 2. The summed E-state index contributed by atoms with van der Waals surface area (Å²) in [6.07, 6.45) is 0.865. The summed E-state index contributed by atoms with van der Waals surface area (Å²) >= 11 is 5.86. The van der Waals surface area contributed by atoms with Gasteiger partial charge in [-0.15, -0.1) is 0 Å². The van der Waals surface area contributed by atoms with Crippen molar-refractivity contribution in [3.8, 4) is 0 Å². The van der Waals surface area contributed by atoms with Crippen LogP contribution in [0.4, 0.5) is 4.39 Å². The van der Waals surface area contributed by atoms with Gasteiger partial charge in [0.15, 0.2) is 0 Å². The molecule has 6 nitrogen and oxygen atoms in total. The zero-order valence-corrected chi connectivity index (χ0v) is 12.6. The van der Waals surface area contributed by atoms with E-state index in [9.17, 15) is 12.8 Å². The van der Waals surface area contributed by atoms with Gasteiger partial charge in [-0.2, -0.15) is 4.31 Å². The van der Waals surface area contributed by atoms with E-state index in [1.807, 2.05) is 0 Å². The lowest BCUT2D eigenvalue weighted by molar-refractivity contribution is 0.291. The Morgan fingerprint density at radius 3 is 2.62 bits per heavy atom. The third kappa shape index (κ3) is 3.28. The molecule has 1 aromatic carbocycles. The van der Waals surface area contributed by atoms with Gasteiger partial charge in [0.1, 0.15) is 16.5 Å². The largest absolute Gasteiger partial charge is 0.409 e. The predicted octanol–water partition coefficient (Wildman–Crippen LogP) is 1.63. The molecule has 9 heteroatoms. The summed E-state index contributed by atoms with van der Waals surface area (Å²) in [6, 6.07) is 3.23. The Labute approximate surface area is 127 Å². The van der Waals surface area contributed by atoms with Crippen molar-refractivity contribution in [2.45, 2.75) is 17.7 Å². The van der Waals surface area contributed by atoms with Gasteiger partial charge in [-0.25, -0.2) is 12.8 Å². The predicted molar refractivity (Wildman–Crippen MR) is 76.3 cm³/mol. The maximum absolute atomic E-state index is 13.3. The lowest BCUT2D eigenvalue weighted by Gasteiger charge is -2.30. The van der Waals surface area contributed by atoms with Gasteiger partial charge in [-0.1, -0.05) is 16.8 Å². The van der Waals surface area contributed by atoms with Gasteiger partial charge >= 0.3 is 0 Å². The van der Waals surface area contributed by atoms with Crippen LogP contribution < -0.4 is 5.73 Å². The number of oxime groups is 1. The van der Waals surface area contributed by atoms with Gasteiger partial charge in [0.25, 0.3) is 0 Å². The zero-order chi connectivity index (χ0) is 15.6. The molecule has 1 aliphatic heterocycles. The van der Waals surface area contributed by atoms with E-state index in [0.29, 0.717) is 12.8 Å². The number of halogens is 2. The van der Waals surface area contributed by atoms with Gasteiger partial charge in [-0.3, -0.25) is 0 Å². The van der Waals surface area contributed by atoms with E-state index in [-0.39, 0.29) is 34.8 Å². The Kier molecular flexibility index (Phi) is 4.70. The minimum absolute atomic E-state index is 0.0186. The molecule has 116 valence electrons. The minimum Gasteiger partial charge on any atom is -0.409 e. The number of hydrogen-bond acceptors (Lipinski definition) is 4. The number of nitrogens with two attached hydrogens (primary N) is 1. The number of rotatable bonds is 3. The maximum Gasteiger partial charge on any atom is 0.244 e. The Hall–Kier alpha value is -1.38. The highest BCUT2D eigenvalue weighted by Crippen LogP contribution is 2.28. The molecule has 0 bridgehead atoms. The Morgan fingerprint density at radius 2 is 2.05 bits per heavy atom. The third-order valence-corrected chi connectivity index (χ3v) is 5.88. The molecule has 0 atom stereocenters. The third-order valence-electron chi connectivity index (χ3n) is 3.50. The van der Waals surface area contributed by atoms with Crippen molar-refractivity contribution in [3.63, 3.8) is 0 Å². The second kappa shape index (κ2) is 6.17. The highest BCUT2D eigenvalue weighted by molar-refractivity contribution is 7.89. The first-order valence-corrected chi connectivity index (χ1v) is 8.10. The molecular weight excluding hydrogens is 321 g/mol. The summed E-state index contributed by atoms with van der Waals surface area (Å²) in [7, 11) is -3.85. The zero-order valence-electron chi connectivity index (χ0n) is 11.0. The van der Waals surface area contributed by atoms with Gasteiger partial charge in [0, 0.05) is 19.0 Å².